The first-order valence-corrected chi connectivity index (χ1v) is 9.51. The second-order valence-electron chi connectivity index (χ2n) is 6.56. The lowest BCUT2D eigenvalue weighted by Gasteiger charge is -2.10. The molecule has 0 aliphatic carbocycles. The van der Waals surface area contributed by atoms with Gasteiger partial charge in [-0.2, -0.15) is 5.26 Å². The third-order valence-electron chi connectivity index (χ3n) is 4.52. The number of nitrogens with zero attached hydrogens (tertiary/aromatic N) is 1. The van der Waals surface area contributed by atoms with Gasteiger partial charge in [-0.15, -0.1) is 0 Å². The number of ether oxygens (including phenoxy) is 1. The third-order valence-corrected chi connectivity index (χ3v) is 4.52. The first kappa shape index (κ1) is 19.1. The molecule has 0 spiro atoms. The molecular formula is C23H29NO. The lowest BCUT2D eigenvalue weighted by atomic mass is 9.97. The maximum Gasteiger partial charge on any atom is 0.119 e. The second kappa shape index (κ2) is 11.3. The lowest BCUT2D eigenvalue weighted by Crippen LogP contribution is -2.03. The number of benzene rings is 2. The van der Waals surface area contributed by atoms with Crippen molar-refractivity contribution >= 4 is 0 Å². The largest absolute Gasteiger partial charge is 0.494 e. The van der Waals surface area contributed by atoms with Crippen LogP contribution in [0.5, 0.6) is 5.75 Å². The molecule has 0 saturated heterocycles. The van der Waals surface area contributed by atoms with Crippen LogP contribution in [0.3, 0.4) is 0 Å². The number of hydrogen-bond donors (Lipinski definition) is 0. The van der Waals surface area contributed by atoms with Crippen molar-refractivity contribution in [2.75, 3.05) is 6.61 Å². The van der Waals surface area contributed by atoms with Crippen LogP contribution in [0.4, 0.5) is 0 Å². The lowest BCUT2D eigenvalue weighted by molar-refractivity contribution is 0.297. The van der Waals surface area contributed by atoms with Crippen LogP contribution in [-0.2, 0) is 0 Å². The molecule has 2 aromatic carbocycles. The summed E-state index contributed by atoms with van der Waals surface area (Å²) in [4.78, 5) is 0. The molecule has 2 rings (SSSR count). The van der Waals surface area contributed by atoms with E-state index >= 15 is 0 Å². The van der Waals surface area contributed by atoms with Gasteiger partial charge in [0.2, 0.25) is 0 Å². The normalized spacial score (nSPS) is 11.7. The van der Waals surface area contributed by atoms with E-state index in [1.165, 1.54) is 36.8 Å². The predicted molar refractivity (Wildman–Crippen MR) is 104 cm³/mol. The average Bonchev–Trinajstić information content (AvgIpc) is 2.68. The highest BCUT2D eigenvalue weighted by Crippen LogP contribution is 2.22. The van der Waals surface area contributed by atoms with Gasteiger partial charge in [0, 0.05) is 5.92 Å². The Morgan fingerprint density at radius 2 is 1.52 bits per heavy atom. The van der Waals surface area contributed by atoms with Crippen molar-refractivity contribution in [3.63, 3.8) is 0 Å². The van der Waals surface area contributed by atoms with E-state index in [1.807, 2.05) is 30.3 Å². The minimum atomic E-state index is 0.181. The van der Waals surface area contributed by atoms with Gasteiger partial charge >= 0.3 is 0 Å². The maximum absolute atomic E-state index is 9.25. The van der Waals surface area contributed by atoms with Crippen molar-refractivity contribution in [1.82, 2.24) is 0 Å². The fraction of sp³-hybridized carbons (Fsp3) is 0.435. The Hall–Kier alpha value is -2.27. The standard InChI is InChI=1S/C23H29NO/c1-2-3-4-6-10-20(19-24)11-9-18-25-23-16-14-22(15-17-23)21-12-7-5-8-13-21/h5,7-8,12-17,20H,2-4,6,9-11,18H2,1H3. The summed E-state index contributed by atoms with van der Waals surface area (Å²) in [5.41, 5.74) is 2.42. The molecule has 132 valence electrons. The zero-order chi connectivity index (χ0) is 17.7. The molecular weight excluding hydrogens is 306 g/mol. The molecule has 0 N–H and O–H groups in total. The first-order valence-electron chi connectivity index (χ1n) is 9.51. The van der Waals surface area contributed by atoms with E-state index in [-0.39, 0.29) is 5.92 Å². The van der Waals surface area contributed by atoms with Crippen molar-refractivity contribution in [3.8, 4) is 22.9 Å². The topological polar surface area (TPSA) is 33.0 Å². The number of hydrogen-bond acceptors (Lipinski definition) is 2. The molecule has 0 fully saturated rings. The van der Waals surface area contributed by atoms with Crippen LogP contribution in [0, 0.1) is 17.2 Å². The van der Waals surface area contributed by atoms with Crippen LogP contribution in [0.15, 0.2) is 54.6 Å². The molecule has 2 nitrogen and oxygen atoms in total. The van der Waals surface area contributed by atoms with Crippen molar-refractivity contribution < 1.29 is 4.74 Å². The fourth-order valence-electron chi connectivity index (χ4n) is 2.98. The highest BCUT2D eigenvalue weighted by molar-refractivity contribution is 5.63. The summed E-state index contributed by atoms with van der Waals surface area (Å²) in [6, 6.07) is 21.0. The number of rotatable bonds is 11. The molecule has 0 amide bonds. The zero-order valence-electron chi connectivity index (χ0n) is 15.3. The minimum absolute atomic E-state index is 0.181. The molecule has 0 bridgehead atoms. The summed E-state index contributed by atoms with van der Waals surface area (Å²) in [7, 11) is 0. The Morgan fingerprint density at radius 3 is 2.20 bits per heavy atom. The van der Waals surface area contributed by atoms with Crippen molar-refractivity contribution in [1.29, 1.82) is 5.26 Å². The highest BCUT2D eigenvalue weighted by Gasteiger charge is 2.07. The van der Waals surface area contributed by atoms with E-state index in [9.17, 15) is 5.26 Å². The molecule has 0 aliphatic rings. The van der Waals surface area contributed by atoms with E-state index in [2.05, 4.69) is 37.3 Å². The molecule has 2 aromatic rings. The first-order chi connectivity index (χ1) is 12.3. The summed E-state index contributed by atoms with van der Waals surface area (Å²) < 4.78 is 5.83. The molecule has 25 heavy (non-hydrogen) atoms. The van der Waals surface area contributed by atoms with Crippen LogP contribution in [-0.4, -0.2) is 6.61 Å². The average molecular weight is 335 g/mol. The SMILES string of the molecule is CCCCCCC(C#N)CCCOc1ccc(-c2ccccc2)cc1. The Kier molecular flexibility index (Phi) is 8.63. The Balaban J connectivity index is 1.68. The zero-order valence-corrected chi connectivity index (χ0v) is 15.3. The van der Waals surface area contributed by atoms with Crippen LogP contribution in [0.1, 0.15) is 51.9 Å². The summed E-state index contributed by atoms with van der Waals surface area (Å²) >= 11 is 0. The van der Waals surface area contributed by atoms with E-state index in [4.69, 9.17) is 4.74 Å². The Morgan fingerprint density at radius 1 is 0.840 bits per heavy atom. The number of nitriles is 1. The highest BCUT2D eigenvalue weighted by atomic mass is 16.5. The van der Waals surface area contributed by atoms with Gasteiger partial charge in [-0.25, -0.2) is 0 Å². The number of unbranched alkanes of at least 4 members (excludes halogenated alkanes) is 3. The van der Waals surface area contributed by atoms with Gasteiger partial charge in [0.15, 0.2) is 0 Å². The predicted octanol–water partition coefficient (Wildman–Crippen LogP) is 6.62. The fourth-order valence-corrected chi connectivity index (χ4v) is 2.98. The van der Waals surface area contributed by atoms with Crippen LogP contribution in [0.25, 0.3) is 11.1 Å². The smallest absolute Gasteiger partial charge is 0.119 e. The van der Waals surface area contributed by atoms with Gasteiger partial charge in [0.1, 0.15) is 5.75 Å². The molecule has 0 saturated carbocycles. The minimum Gasteiger partial charge on any atom is -0.494 e. The van der Waals surface area contributed by atoms with Crippen molar-refractivity contribution in [2.24, 2.45) is 5.92 Å². The van der Waals surface area contributed by atoms with Gasteiger partial charge in [-0.05, 0) is 42.5 Å². The second-order valence-corrected chi connectivity index (χ2v) is 6.56. The molecule has 0 heterocycles. The summed E-state index contributed by atoms with van der Waals surface area (Å²) in [6.45, 7) is 2.89. The van der Waals surface area contributed by atoms with Crippen LogP contribution < -0.4 is 4.74 Å². The molecule has 1 atom stereocenters. The molecule has 2 heteroatoms. The van der Waals surface area contributed by atoms with Gasteiger partial charge in [0.05, 0.1) is 12.7 Å². The van der Waals surface area contributed by atoms with E-state index in [0.29, 0.717) is 6.61 Å². The van der Waals surface area contributed by atoms with Crippen molar-refractivity contribution in [2.45, 2.75) is 51.9 Å². The molecule has 1 unspecified atom stereocenters. The third kappa shape index (κ3) is 7.01. The summed E-state index contributed by atoms with van der Waals surface area (Å²) in [5.74, 6) is 1.08. The van der Waals surface area contributed by atoms with E-state index in [0.717, 1.165) is 25.0 Å². The van der Waals surface area contributed by atoms with E-state index in [1.54, 1.807) is 0 Å². The summed E-state index contributed by atoms with van der Waals surface area (Å²) in [6.07, 6.45) is 7.85. The molecule has 0 aromatic heterocycles. The monoisotopic (exact) mass is 335 g/mol. The molecule has 0 radical (unpaired) electrons. The van der Waals surface area contributed by atoms with Gasteiger partial charge in [-0.3, -0.25) is 0 Å². The maximum atomic E-state index is 9.25. The molecule has 0 aliphatic heterocycles. The summed E-state index contributed by atoms with van der Waals surface area (Å²) in [5, 5.41) is 9.25. The van der Waals surface area contributed by atoms with Crippen LogP contribution >= 0.6 is 0 Å². The quantitative estimate of drug-likeness (QED) is 0.432. The van der Waals surface area contributed by atoms with Gasteiger partial charge < -0.3 is 4.74 Å². The Labute approximate surface area is 152 Å². The Bertz CT molecular complexity index is 627. The van der Waals surface area contributed by atoms with Gasteiger partial charge in [0.25, 0.3) is 0 Å². The van der Waals surface area contributed by atoms with Crippen LogP contribution in [0.2, 0.25) is 0 Å². The van der Waals surface area contributed by atoms with Crippen molar-refractivity contribution in [3.05, 3.63) is 54.6 Å². The van der Waals surface area contributed by atoms with E-state index < -0.39 is 0 Å². The van der Waals surface area contributed by atoms with Gasteiger partial charge in [-0.1, -0.05) is 75.1 Å².